The van der Waals surface area contributed by atoms with E-state index in [1.54, 1.807) is 11.3 Å². The van der Waals surface area contributed by atoms with Gasteiger partial charge in [0.05, 0.1) is 9.47 Å². The van der Waals surface area contributed by atoms with Gasteiger partial charge in [0.25, 0.3) is 0 Å². The van der Waals surface area contributed by atoms with E-state index in [4.69, 9.17) is 5.73 Å². The van der Waals surface area contributed by atoms with Crippen molar-refractivity contribution in [1.29, 1.82) is 0 Å². The summed E-state index contributed by atoms with van der Waals surface area (Å²) in [4.78, 5) is 0. The maximum atomic E-state index is 5.94. The lowest BCUT2D eigenvalue weighted by Gasteiger charge is -2.00. The highest BCUT2D eigenvalue weighted by Gasteiger charge is 2.07. The average Bonchev–Trinajstić information content (AvgIpc) is 2.50. The summed E-state index contributed by atoms with van der Waals surface area (Å²) in [5.41, 5.74) is 10.3. The van der Waals surface area contributed by atoms with E-state index >= 15 is 0 Å². The summed E-state index contributed by atoms with van der Waals surface area (Å²) < 4.78 is 1.01. The third kappa shape index (κ3) is 1.70. The third-order valence-electron chi connectivity index (χ3n) is 2.14. The van der Waals surface area contributed by atoms with Crippen LogP contribution in [-0.4, -0.2) is 0 Å². The van der Waals surface area contributed by atoms with Crippen LogP contribution in [0.25, 0.3) is 11.1 Å². The molecular formula is C11H10BrNS. The number of thiophene rings is 1. The van der Waals surface area contributed by atoms with E-state index in [9.17, 15) is 0 Å². The lowest BCUT2D eigenvalue weighted by molar-refractivity contribution is 1.47. The molecule has 14 heavy (non-hydrogen) atoms. The Bertz CT molecular complexity index is 445. The molecule has 2 aromatic rings. The van der Waals surface area contributed by atoms with E-state index in [2.05, 4.69) is 52.5 Å². The van der Waals surface area contributed by atoms with Crippen LogP contribution in [0.1, 0.15) is 5.56 Å². The van der Waals surface area contributed by atoms with Gasteiger partial charge in [-0.3, -0.25) is 0 Å². The number of nitrogens with two attached hydrogens (primary N) is 1. The fourth-order valence-electron chi connectivity index (χ4n) is 1.30. The Morgan fingerprint density at radius 3 is 2.36 bits per heavy atom. The maximum absolute atomic E-state index is 5.94. The molecule has 0 aliphatic rings. The summed E-state index contributed by atoms with van der Waals surface area (Å²) >= 11 is 5.04. The monoisotopic (exact) mass is 267 g/mol. The number of hydrogen-bond donors (Lipinski definition) is 1. The average molecular weight is 268 g/mol. The molecule has 0 amide bonds. The van der Waals surface area contributed by atoms with Gasteiger partial charge < -0.3 is 5.73 Å². The quantitative estimate of drug-likeness (QED) is 0.829. The predicted octanol–water partition coefficient (Wildman–Crippen LogP) is 4.07. The molecule has 1 heterocycles. The SMILES string of the molecule is Cc1ccc(-c2csc(Br)c2N)cc1. The van der Waals surface area contributed by atoms with Gasteiger partial charge in [-0.05, 0) is 28.4 Å². The van der Waals surface area contributed by atoms with Crippen LogP contribution in [0.4, 0.5) is 5.69 Å². The molecule has 72 valence electrons. The van der Waals surface area contributed by atoms with Gasteiger partial charge in [-0.2, -0.15) is 0 Å². The van der Waals surface area contributed by atoms with Crippen molar-refractivity contribution in [2.24, 2.45) is 0 Å². The van der Waals surface area contributed by atoms with E-state index in [0.717, 1.165) is 15.0 Å². The number of anilines is 1. The van der Waals surface area contributed by atoms with Crippen molar-refractivity contribution in [3.05, 3.63) is 39.0 Å². The molecule has 1 nitrogen and oxygen atoms in total. The lowest BCUT2D eigenvalue weighted by atomic mass is 10.1. The van der Waals surface area contributed by atoms with E-state index in [1.165, 1.54) is 11.1 Å². The van der Waals surface area contributed by atoms with Crippen LogP contribution in [-0.2, 0) is 0 Å². The zero-order chi connectivity index (χ0) is 10.1. The topological polar surface area (TPSA) is 26.0 Å². The van der Waals surface area contributed by atoms with Crippen LogP contribution in [0.5, 0.6) is 0 Å². The summed E-state index contributed by atoms with van der Waals surface area (Å²) in [6, 6.07) is 8.39. The first kappa shape index (κ1) is 9.74. The Morgan fingerprint density at radius 2 is 1.86 bits per heavy atom. The van der Waals surface area contributed by atoms with Crippen molar-refractivity contribution >= 4 is 33.0 Å². The van der Waals surface area contributed by atoms with E-state index in [0.29, 0.717) is 0 Å². The molecule has 0 spiro atoms. The van der Waals surface area contributed by atoms with Gasteiger partial charge in [-0.15, -0.1) is 11.3 Å². The Labute approximate surface area is 95.7 Å². The first-order chi connectivity index (χ1) is 6.68. The van der Waals surface area contributed by atoms with Gasteiger partial charge >= 0.3 is 0 Å². The zero-order valence-electron chi connectivity index (χ0n) is 7.75. The van der Waals surface area contributed by atoms with Crippen LogP contribution >= 0.6 is 27.3 Å². The molecule has 2 N–H and O–H groups in total. The number of halogens is 1. The summed E-state index contributed by atoms with van der Waals surface area (Å²) in [6.45, 7) is 2.08. The maximum Gasteiger partial charge on any atom is 0.0934 e. The molecule has 1 aromatic carbocycles. The minimum atomic E-state index is 0.832. The molecule has 3 heteroatoms. The first-order valence-corrected chi connectivity index (χ1v) is 5.95. The zero-order valence-corrected chi connectivity index (χ0v) is 10.2. The summed E-state index contributed by atoms with van der Waals surface area (Å²) in [5, 5.41) is 2.07. The Balaban J connectivity index is 2.49. The van der Waals surface area contributed by atoms with Crippen molar-refractivity contribution < 1.29 is 0 Å². The molecule has 0 unspecified atom stereocenters. The number of hydrogen-bond acceptors (Lipinski definition) is 2. The predicted molar refractivity (Wildman–Crippen MR) is 66.6 cm³/mol. The fraction of sp³-hybridized carbons (Fsp3) is 0.0909. The fourth-order valence-corrected chi connectivity index (χ4v) is 2.52. The van der Waals surface area contributed by atoms with Gasteiger partial charge in [0, 0.05) is 10.9 Å². The highest BCUT2D eigenvalue weighted by Crippen LogP contribution is 2.37. The smallest absolute Gasteiger partial charge is 0.0934 e. The summed E-state index contributed by atoms with van der Waals surface area (Å²) in [5.74, 6) is 0. The highest BCUT2D eigenvalue weighted by molar-refractivity contribution is 9.11. The van der Waals surface area contributed by atoms with Gasteiger partial charge in [0.1, 0.15) is 0 Å². The number of rotatable bonds is 1. The second-order valence-corrected chi connectivity index (χ2v) is 5.40. The molecule has 1 aromatic heterocycles. The molecule has 2 rings (SSSR count). The Morgan fingerprint density at radius 1 is 1.21 bits per heavy atom. The second-order valence-electron chi connectivity index (χ2n) is 3.20. The van der Waals surface area contributed by atoms with Crippen LogP contribution < -0.4 is 5.73 Å². The third-order valence-corrected chi connectivity index (χ3v) is 3.91. The minimum Gasteiger partial charge on any atom is -0.397 e. The van der Waals surface area contributed by atoms with Crippen molar-refractivity contribution in [3.63, 3.8) is 0 Å². The molecule has 0 fully saturated rings. The molecule has 0 bridgehead atoms. The first-order valence-electron chi connectivity index (χ1n) is 4.28. The van der Waals surface area contributed by atoms with Gasteiger partial charge in [-0.1, -0.05) is 29.8 Å². The largest absolute Gasteiger partial charge is 0.397 e. The van der Waals surface area contributed by atoms with Gasteiger partial charge in [0.15, 0.2) is 0 Å². The highest BCUT2D eigenvalue weighted by atomic mass is 79.9. The standard InChI is InChI=1S/C11H10BrNS/c1-7-2-4-8(5-3-7)9-6-14-11(12)10(9)13/h2-6H,13H2,1H3. The van der Waals surface area contributed by atoms with Crippen LogP contribution in [0.15, 0.2) is 33.4 Å². The van der Waals surface area contributed by atoms with Crippen LogP contribution in [0.2, 0.25) is 0 Å². The minimum absolute atomic E-state index is 0.832. The number of aryl methyl sites for hydroxylation is 1. The van der Waals surface area contributed by atoms with Crippen LogP contribution in [0, 0.1) is 6.92 Å². The molecule has 0 aliphatic heterocycles. The van der Waals surface area contributed by atoms with E-state index in [-0.39, 0.29) is 0 Å². The molecule has 0 saturated carbocycles. The normalized spacial score (nSPS) is 10.4. The Kier molecular flexibility index (Phi) is 2.61. The number of benzene rings is 1. The van der Waals surface area contributed by atoms with Crippen molar-refractivity contribution in [2.75, 3.05) is 5.73 Å². The molecular weight excluding hydrogens is 258 g/mol. The lowest BCUT2D eigenvalue weighted by Crippen LogP contribution is -1.85. The summed E-state index contributed by atoms with van der Waals surface area (Å²) in [7, 11) is 0. The van der Waals surface area contributed by atoms with Crippen molar-refractivity contribution in [2.45, 2.75) is 6.92 Å². The van der Waals surface area contributed by atoms with E-state index < -0.39 is 0 Å². The number of nitrogen functional groups attached to an aromatic ring is 1. The Hall–Kier alpha value is -0.800. The molecule has 0 radical (unpaired) electrons. The van der Waals surface area contributed by atoms with Crippen molar-refractivity contribution in [1.82, 2.24) is 0 Å². The summed E-state index contributed by atoms with van der Waals surface area (Å²) in [6.07, 6.45) is 0. The molecule has 0 aliphatic carbocycles. The van der Waals surface area contributed by atoms with Crippen LogP contribution in [0.3, 0.4) is 0 Å². The van der Waals surface area contributed by atoms with Crippen molar-refractivity contribution in [3.8, 4) is 11.1 Å². The van der Waals surface area contributed by atoms with Gasteiger partial charge in [-0.25, -0.2) is 0 Å². The van der Waals surface area contributed by atoms with Gasteiger partial charge in [0.2, 0.25) is 0 Å². The van der Waals surface area contributed by atoms with E-state index in [1.807, 2.05) is 0 Å². The molecule has 0 saturated heterocycles. The molecule has 0 atom stereocenters. The second kappa shape index (κ2) is 3.75.